The number of hydrogen-bond donors (Lipinski definition) is 1. The van der Waals surface area contributed by atoms with Crippen LogP contribution in [-0.4, -0.2) is 46.8 Å². The van der Waals surface area contributed by atoms with Crippen molar-refractivity contribution in [2.75, 3.05) is 20.1 Å². The first-order valence-electron chi connectivity index (χ1n) is 5.66. The van der Waals surface area contributed by atoms with E-state index < -0.39 is 0 Å². The third-order valence-electron chi connectivity index (χ3n) is 3.07. The van der Waals surface area contributed by atoms with Crippen LogP contribution in [0.5, 0.6) is 0 Å². The quantitative estimate of drug-likeness (QED) is 0.780. The summed E-state index contributed by atoms with van der Waals surface area (Å²) in [6, 6.07) is 0.425. The number of nitrogens with one attached hydrogen (secondary N) is 1. The molecule has 1 unspecified atom stereocenters. The number of aryl methyl sites for hydroxylation is 1. The van der Waals surface area contributed by atoms with Gasteiger partial charge in [-0.1, -0.05) is 0 Å². The molecular formula is C11H18N4O. The number of rotatable bonds is 2. The fourth-order valence-corrected chi connectivity index (χ4v) is 2.11. The molecule has 1 amide bonds. The molecule has 1 aromatic heterocycles. The van der Waals surface area contributed by atoms with Crippen molar-refractivity contribution < 1.29 is 4.79 Å². The lowest BCUT2D eigenvalue weighted by Crippen LogP contribution is -2.46. The van der Waals surface area contributed by atoms with Crippen LogP contribution in [-0.2, 0) is 7.05 Å². The highest BCUT2D eigenvalue weighted by Crippen LogP contribution is 2.13. The van der Waals surface area contributed by atoms with E-state index in [1.807, 2.05) is 19.0 Å². The zero-order valence-corrected chi connectivity index (χ0v) is 9.81. The van der Waals surface area contributed by atoms with Gasteiger partial charge in [-0.15, -0.1) is 0 Å². The van der Waals surface area contributed by atoms with Crippen molar-refractivity contribution in [3.63, 3.8) is 0 Å². The summed E-state index contributed by atoms with van der Waals surface area (Å²) in [5, 5.41) is 7.26. The van der Waals surface area contributed by atoms with Crippen LogP contribution in [0, 0.1) is 0 Å². The number of nitrogens with zero attached hydrogens (tertiary/aromatic N) is 3. The largest absolute Gasteiger partial charge is 0.337 e. The highest BCUT2D eigenvalue weighted by molar-refractivity contribution is 5.93. The Morgan fingerprint density at radius 3 is 3.06 bits per heavy atom. The smallest absolute Gasteiger partial charge is 0.257 e. The van der Waals surface area contributed by atoms with Gasteiger partial charge in [-0.2, -0.15) is 5.10 Å². The second kappa shape index (κ2) is 4.65. The van der Waals surface area contributed by atoms with Crippen molar-refractivity contribution in [3.05, 3.63) is 18.0 Å². The maximum atomic E-state index is 12.1. The summed E-state index contributed by atoms with van der Waals surface area (Å²) in [5.41, 5.74) is 0.680. The minimum absolute atomic E-state index is 0.0908. The highest BCUT2D eigenvalue weighted by atomic mass is 16.2. The maximum absolute atomic E-state index is 12.1. The summed E-state index contributed by atoms with van der Waals surface area (Å²) in [7, 11) is 3.77. The van der Waals surface area contributed by atoms with E-state index in [2.05, 4.69) is 10.4 Å². The summed E-state index contributed by atoms with van der Waals surface area (Å²) in [5.74, 6) is 0.0908. The van der Waals surface area contributed by atoms with Crippen LogP contribution in [0.3, 0.4) is 0 Å². The Labute approximate surface area is 95.4 Å². The predicted molar refractivity (Wildman–Crippen MR) is 61.2 cm³/mol. The Kier molecular flexibility index (Phi) is 3.24. The lowest BCUT2D eigenvalue weighted by molar-refractivity contribution is 0.0698. The zero-order chi connectivity index (χ0) is 11.5. The Balaban J connectivity index is 2.04. The van der Waals surface area contributed by atoms with Crippen LogP contribution in [0.1, 0.15) is 23.2 Å². The van der Waals surface area contributed by atoms with E-state index >= 15 is 0 Å². The van der Waals surface area contributed by atoms with Gasteiger partial charge in [-0.05, 0) is 19.9 Å². The number of aromatic nitrogens is 2. The Bertz CT molecular complexity index is 374. The van der Waals surface area contributed by atoms with E-state index in [1.54, 1.807) is 17.1 Å². The fourth-order valence-electron chi connectivity index (χ4n) is 2.11. The standard InChI is InChI=1S/C11H18N4O/c1-12-10-4-3-5-15(8-10)11(16)9-6-13-14(2)7-9/h6-7,10,12H,3-5,8H2,1-2H3. The summed E-state index contributed by atoms with van der Waals surface area (Å²) < 4.78 is 1.66. The number of amides is 1. The van der Waals surface area contributed by atoms with Crippen molar-refractivity contribution in [1.82, 2.24) is 20.0 Å². The number of likely N-dealkylation sites (tertiary alicyclic amines) is 1. The second-order valence-electron chi connectivity index (χ2n) is 4.28. The molecule has 0 saturated carbocycles. The topological polar surface area (TPSA) is 50.2 Å². The molecule has 0 aromatic carbocycles. The van der Waals surface area contributed by atoms with Crippen LogP contribution < -0.4 is 5.32 Å². The van der Waals surface area contributed by atoms with E-state index in [1.165, 1.54) is 0 Å². The molecule has 1 fully saturated rings. The van der Waals surface area contributed by atoms with E-state index in [0.29, 0.717) is 11.6 Å². The molecule has 2 heterocycles. The molecule has 1 atom stereocenters. The minimum atomic E-state index is 0.0908. The van der Waals surface area contributed by atoms with Gasteiger partial charge in [0.15, 0.2) is 0 Å². The highest BCUT2D eigenvalue weighted by Gasteiger charge is 2.23. The monoisotopic (exact) mass is 222 g/mol. The molecule has 1 aromatic rings. The molecule has 16 heavy (non-hydrogen) atoms. The maximum Gasteiger partial charge on any atom is 0.257 e. The van der Waals surface area contributed by atoms with E-state index in [-0.39, 0.29) is 5.91 Å². The first-order chi connectivity index (χ1) is 7.70. The SMILES string of the molecule is CNC1CCCN(C(=O)c2cnn(C)c2)C1. The molecule has 1 saturated heterocycles. The fraction of sp³-hybridized carbons (Fsp3) is 0.636. The second-order valence-corrected chi connectivity index (χ2v) is 4.28. The molecule has 1 N–H and O–H groups in total. The van der Waals surface area contributed by atoms with Crippen molar-refractivity contribution >= 4 is 5.91 Å². The molecule has 0 aliphatic carbocycles. The normalized spacial score (nSPS) is 21.1. The summed E-state index contributed by atoms with van der Waals surface area (Å²) in [4.78, 5) is 14.0. The van der Waals surface area contributed by atoms with Crippen LogP contribution in [0.2, 0.25) is 0 Å². The summed E-state index contributed by atoms with van der Waals surface area (Å²) in [6.45, 7) is 1.65. The van der Waals surface area contributed by atoms with Gasteiger partial charge in [-0.25, -0.2) is 0 Å². The predicted octanol–water partition coefficient (Wildman–Crippen LogP) is 0.244. The number of carbonyl (C=O) groups excluding carboxylic acids is 1. The summed E-state index contributed by atoms with van der Waals surface area (Å²) >= 11 is 0. The third-order valence-corrected chi connectivity index (χ3v) is 3.07. The van der Waals surface area contributed by atoms with Crippen molar-refractivity contribution in [1.29, 1.82) is 0 Å². The minimum Gasteiger partial charge on any atom is -0.337 e. The molecule has 2 rings (SSSR count). The van der Waals surface area contributed by atoms with Crippen LogP contribution in [0.15, 0.2) is 12.4 Å². The van der Waals surface area contributed by atoms with Gasteiger partial charge < -0.3 is 10.2 Å². The van der Waals surface area contributed by atoms with Gasteiger partial charge in [0.2, 0.25) is 0 Å². The average Bonchev–Trinajstić information content (AvgIpc) is 2.75. The Morgan fingerprint density at radius 2 is 2.44 bits per heavy atom. The molecule has 0 spiro atoms. The van der Waals surface area contributed by atoms with Crippen molar-refractivity contribution in [3.8, 4) is 0 Å². The molecule has 0 bridgehead atoms. The van der Waals surface area contributed by atoms with E-state index in [4.69, 9.17) is 0 Å². The number of hydrogen-bond acceptors (Lipinski definition) is 3. The molecule has 5 heteroatoms. The Morgan fingerprint density at radius 1 is 1.62 bits per heavy atom. The number of carbonyl (C=O) groups is 1. The van der Waals surface area contributed by atoms with E-state index in [0.717, 1.165) is 25.9 Å². The van der Waals surface area contributed by atoms with Gasteiger partial charge >= 0.3 is 0 Å². The van der Waals surface area contributed by atoms with Crippen LogP contribution in [0.25, 0.3) is 0 Å². The molecular weight excluding hydrogens is 204 g/mol. The van der Waals surface area contributed by atoms with Gasteiger partial charge in [0, 0.05) is 32.4 Å². The van der Waals surface area contributed by atoms with Gasteiger partial charge in [0.25, 0.3) is 5.91 Å². The lowest BCUT2D eigenvalue weighted by atomic mass is 10.1. The number of piperidine rings is 1. The molecule has 5 nitrogen and oxygen atoms in total. The zero-order valence-electron chi connectivity index (χ0n) is 9.81. The van der Waals surface area contributed by atoms with Gasteiger partial charge in [0.05, 0.1) is 11.8 Å². The van der Waals surface area contributed by atoms with Gasteiger partial charge in [0.1, 0.15) is 0 Å². The lowest BCUT2D eigenvalue weighted by Gasteiger charge is -2.32. The van der Waals surface area contributed by atoms with Gasteiger partial charge in [-0.3, -0.25) is 9.48 Å². The summed E-state index contributed by atoms with van der Waals surface area (Å²) in [6.07, 6.45) is 5.61. The van der Waals surface area contributed by atoms with E-state index in [9.17, 15) is 4.79 Å². The first kappa shape index (κ1) is 11.1. The Hall–Kier alpha value is -1.36. The van der Waals surface area contributed by atoms with Crippen LogP contribution in [0.4, 0.5) is 0 Å². The first-order valence-corrected chi connectivity index (χ1v) is 5.66. The van der Waals surface area contributed by atoms with Crippen molar-refractivity contribution in [2.24, 2.45) is 7.05 Å². The average molecular weight is 222 g/mol. The van der Waals surface area contributed by atoms with Crippen molar-refractivity contribution in [2.45, 2.75) is 18.9 Å². The molecule has 1 aliphatic rings. The molecule has 88 valence electrons. The molecule has 1 aliphatic heterocycles. The number of likely N-dealkylation sites (N-methyl/N-ethyl adjacent to an activating group) is 1. The third kappa shape index (κ3) is 2.24. The molecule has 0 radical (unpaired) electrons. The van der Waals surface area contributed by atoms with Crippen LogP contribution >= 0.6 is 0 Å².